The number of nitrogen functional groups attached to an aromatic ring is 1. The summed E-state index contributed by atoms with van der Waals surface area (Å²) in [5, 5.41) is 6.23. The van der Waals surface area contributed by atoms with E-state index in [0.717, 1.165) is 13.0 Å². The Hall–Kier alpha value is -2.37. The predicted octanol–water partition coefficient (Wildman–Crippen LogP) is 7.83. The van der Waals surface area contributed by atoms with Crippen molar-refractivity contribution in [3.8, 4) is 0 Å². The molecule has 0 atom stereocenters. The van der Waals surface area contributed by atoms with E-state index in [2.05, 4.69) is 27.5 Å². The summed E-state index contributed by atoms with van der Waals surface area (Å²) in [4.78, 5) is 8.37. The lowest BCUT2D eigenvalue weighted by Gasteiger charge is -2.13. The first-order valence-electron chi connectivity index (χ1n) is 12.6. The van der Waals surface area contributed by atoms with Gasteiger partial charge in [0, 0.05) is 6.54 Å². The number of nitrogens with two attached hydrogens (primary N) is 1. The molecule has 1 aromatic heterocycles. The van der Waals surface area contributed by atoms with E-state index in [1.165, 1.54) is 95.9 Å². The molecule has 0 amide bonds. The molecule has 0 aliphatic rings. The molecule has 0 fully saturated rings. The maximum absolute atomic E-state index is 13.9. The highest BCUT2D eigenvalue weighted by Gasteiger charge is 2.09. The molecule has 0 saturated carbocycles. The number of rotatable bonds is 18. The Morgan fingerprint density at radius 3 is 1.88 bits per heavy atom. The molecule has 0 bridgehead atoms. The van der Waals surface area contributed by atoms with Crippen LogP contribution in [0.3, 0.4) is 0 Å². The molecule has 178 valence electrons. The van der Waals surface area contributed by atoms with Gasteiger partial charge >= 0.3 is 0 Å². The number of anilines is 4. The minimum Gasteiger partial charge on any atom is -0.393 e. The summed E-state index contributed by atoms with van der Waals surface area (Å²) in [6.07, 6.45) is 20.3. The summed E-state index contributed by atoms with van der Waals surface area (Å²) >= 11 is 0. The monoisotopic (exact) mass is 443 g/mol. The largest absolute Gasteiger partial charge is 0.393 e. The van der Waals surface area contributed by atoms with Crippen LogP contribution in [0.15, 0.2) is 30.6 Å². The quantitative estimate of drug-likeness (QED) is 0.205. The van der Waals surface area contributed by atoms with Crippen LogP contribution in [0.1, 0.15) is 96.8 Å². The van der Waals surface area contributed by atoms with Crippen LogP contribution in [0.5, 0.6) is 0 Å². The number of aromatic nitrogens is 2. The van der Waals surface area contributed by atoms with Crippen LogP contribution in [-0.2, 0) is 0 Å². The van der Waals surface area contributed by atoms with Crippen LogP contribution in [0.2, 0.25) is 0 Å². The second-order valence-corrected chi connectivity index (χ2v) is 8.61. The van der Waals surface area contributed by atoms with Crippen molar-refractivity contribution in [1.82, 2.24) is 9.97 Å². The first-order valence-corrected chi connectivity index (χ1v) is 12.6. The third-order valence-electron chi connectivity index (χ3n) is 5.83. The van der Waals surface area contributed by atoms with Gasteiger partial charge in [0.15, 0.2) is 11.6 Å². The van der Waals surface area contributed by atoms with Crippen molar-refractivity contribution < 1.29 is 4.39 Å². The predicted molar refractivity (Wildman–Crippen MR) is 135 cm³/mol. The second-order valence-electron chi connectivity index (χ2n) is 8.61. The number of hydrogen-bond donors (Lipinski definition) is 3. The summed E-state index contributed by atoms with van der Waals surface area (Å²) in [5.41, 5.74) is 6.92. The van der Waals surface area contributed by atoms with Gasteiger partial charge in [0.25, 0.3) is 0 Å². The summed E-state index contributed by atoms with van der Waals surface area (Å²) < 4.78 is 13.9. The standard InChI is InChI=1S/C26H42FN5/c1-2-3-4-5-6-7-8-9-10-11-12-13-14-17-20-29-25-24(28)26(31-21-30-25)32-23-19-16-15-18-22(23)27/h15-16,18-19,21H,2-14,17,20,28H2,1H3,(H2,29,30,31,32). The zero-order chi connectivity index (χ0) is 22.9. The van der Waals surface area contributed by atoms with Crippen molar-refractivity contribution in [2.75, 3.05) is 22.9 Å². The lowest BCUT2D eigenvalue weighted by atomic mass is 10.0. The molecule has 32 heavy (non-hydrogen) atoms. The first kappa shape index (κ1) is 25.9. The summed E-state index contributed by atoms with van der Waals surface area (Å²) in [6.45, 7) is 3.09. The van der Waals surface area contributed by atoms with E-state index >= 15 is 0 Å². The molecule has 2 aromatic rings. The fraction of sp³-hybridized carbons (Fsp3) is 0.615. The minimum atomic E-state index is -0.345. The van der Waals surface area contributed by atoms with E-state index in [4.69, 9.17) is 5.73 Å². The van der Waals surface area contributed by atoms with Crippen molar-refractivity contribution in [3.05, 3.63) is 36.4 Å². The Labute approximate surface area is 193 Å². The van der Waals surface area contributed by atoms with Gasteiger partial charge in [-0.25, -0.2) is 14.4 Å². The average Bonchev–Trinajstić information content (AvgIpc) is 2.80. The van der Waals surface area contributed by atoms with Crippen LogP contribution in [0.4, 0.5) is 27.4 Å². The second kappa shape index (κ2) is 16.3. The van der Waals surface area contributed by atoms with Gasteiger partial charge in [-0.1, -0.05) is 103 Å². The summed E-state index contributed by atoms with van der Waals surface area (Å²) in [7, 11) is 0. The Morgan fingerprint density at radius 1 is 0.750 bits per heavy atom. The van der Waals surface area contributed by atoms with E-state index < -0.39 is 0 Å². The van der Waals surface area contributed by atoms with E-state index in [1.807, 2.05) is 0 Å². The molecule has 5 nitrogen and oxygen atoms in total. The van der Waals surface area contributed by atoms with Crippen LogP contribution < -0.4 is 16.4 Å². The lowest BCUT2D eigenvalue weighted by Crippen LogP contribution is -2.09. The van der Waals surface area contributed by atoms with Gasteiger partial charge in [-0.2, -0.15) is 0 Å². The van der Waals surface area contributed by atoms with E-state index in [1.54, 1.807) is 18.2 Å². The van der Waals surface area contributed by atoms with Gasteiger partial charge in [-0.05, 0) is 18.6 Å². The van der Waals surface area contributed by atoms with Crippen molar-refractivity contribution in [1.29, 1.82) is 0 Å². The number of unbranched alkanes of at least 4 members (excludes halogenated alkanes) is 13. The molecule has 0 aliphatic carbocycles. The first-order chi connectivity index (χ1) is 15.7. The van der Waals surface area contributed by atoms with Gasteiger partial charge in [-0.15, -0.1) is 0 Å². The zero-order valence-corrected chi connectivity index (χ0v) is 19.8. The number of nitrogens with one attached hydrogen (secondary N) is 2. The molecular formula is C26H42FN5. The fourth-order valence-electron chi connectivity index (χ4n) is 3.85. The average molecular weight is 444 g/mol. The van der Waals surface area contributed by atoms with Crippen LogP contribution in [0, 0.1) is 5.82 Å². The maximum Gasteiger partial charge on any atom is 0.159 e. The minimum absolute atomic E-state index is 0.343. The van der Waals surface area contributed by atoms with Crippen molar-refractivity contribution in [3.63, 3.8) is 0 Å². The molecule has 4 N–H and O–H groups in total. The molecule has 1 aromatic carbocycles. The lowest BCUT2D eigenvalue weighted by molar-refractivity contribution is 0.537. The zero-order valence-electron chi connectivity index (χ0n) is 19.8. The van der Waals surface area contributed by atoms with Crippen LogP contribution in [0.25, 0.3) is 0 Å². The highest BCUT2D eigenvalue weighted by Crippen LogP contribution is 2.26. The molecule has 0 unspecified atom stereocenters. The Balaban J connectivity index is 1.51. The van der Waals surface area contributed by atoms with Gasteiger partial charge in [-0.3, -0.25) is 0 Å². The number of benzene rings is 1. The van der Waals surface area contributed by atoms with E-state index in [-0.39, 0.29) is 5.82 Å². The topological polar surface area (TPSA) is 75.9 Å². The molecular weight excluding hydrogens is 401 g/mol. The third kappa shape index (κ3) is 10.3. The highest BCUT2D eigenvalue weighted by molar-refractivity contribution is 5.77. The van der Waals surface area contributed by atoms with Gasteiger partial charge < -0.3 is 16.4 Å². The fourth-order valence-corrected chi connectivity index (χ4v) is 3.85. The number of para-hydroxylation sites is 1. The Morgan fingerprint density at radius 2 is 1.28 bits per heavy atom. The molecule has 0 spiro atoms. The van der Waals surface area contributed by atoms with Gasteiger partial charge in [0.1, 0.15) is 17.8 Å². The molecule has 0 saturated heterocycles. The number of nitrogens with zero attached hydrogens (tertiary/aromatic N) is 2. The van der Waals surface area contributed by atoms with Gasteiger partial charge in [0.2, 0.25) is 0 Å². The number of halogens is 1. The van der Waals surface area contributed by atoms with Crippen LogP contribution in [-0.4, -0.2) is 16.5 Å². The SMILES string of the molecule is CCCCCCCCCCCCCCCCNc1ncnc(Nc2ccccc2F)c1N. The molecule has 0 radical (unpaired) electrons. The van der Waals surface area contributed by atoms with Crippen molar-refractivity contribution >= 4 is 23.0 Å². The molecule has 2 rings (SSSR count). The van der Waals surface area contributed by atoms with E-state index in [9.17, 15) is 4.39 Å². The van der Waals surface area contributed by atoms with Gasteiger partial charge in [0.05, 0.1) is 5.69 Å². The molecule has 6 heteroatoms. The smallest absolute Gasteiger partial charge is 0.159 e. The third-order valence-corrected chi connectivity index (χ3v) is 5.83. The van der Waals surface area contributed by atoms with Crippen molar-refractivity contribution in [2.24, 2.45) is 0 Å². The Bertz CT molecular complexity index is 753. The van der Waals surface area contributed by atoms with E-state index in [0.29, 0.717) is 23.0 Å². The van der Waals surface area contributed by atoms with Crippen molar-refractivity contribution in [2.45, 2.75) is 96.8 Å². The summed E-state index contributed by atoms with van der Waals surface area (Å²) in [6, 6.07) is 6.46. The van der Waals surface area contributed by atoms with Crippen LogP contribution >= 0.6 is 0 Å². The maximum atomic E-state index is 13.9. The molecule has 0 aliphatic heterocycles. The Kier molecular flexibility index (Phi) is 13.2. The highest BCUT2D eigenvalue weighted by atomic mass is 19.1. The summed E-state index contributed by atoms with van der Waals surface area (Å²) in [5.74, 6) is 0.657. The molecule has 1 heterocycles. The number of hydrogen-bond acceptors (Lipinski definition) is 5. The normalized spacial score (nSPS) is 10.9.